The van der Waals surface area contributed by atoms with Crippen LogP contribution in [0, 0.1) is 5.82 Å². The summed E-state index contributed by atoms with van der Waals surface area (Å²) in [6.07, 6.45) is 0.453. The fourth-order valence-electron chi connectivity index (χ4n) is 3.35. The van der Waals surface area contributed by atoms with E-state index in [1.54, 1.807) is 7.11 Å². The van der Waals surface area contributed by atoms with Gasteiger partial charge in [-0.15, -0.1) is 0 Å². The maximum absolute atomic E-state index is 13.1. The zero-order valence-electron chi connectivity index (χ0n) is 16.6. The number of benzene rings is 2. The Labute approximate surface area is 164 Å². The molecule has 1 heterocycles. The molecule has 150 valence electrons. The second-order valence-corrected chi connectivity index (χ2v) is 7.50. The number of hydrogen-bond acceptors (Lipinski definition) is 4. The highest BCUT2D eigenvalue weighted by Crippen LogP contribution is 2.41. The summed E-state index contributed by atoms with van der Waals surface area (Å²) in [5.74, 6) is 1.31. The van der Waals surface area contributed by atoms with E-state index in [0.29, 0.717) is 30.1 Å². The van der Waals surface area contributed by atoms with E-state index in [1.807, 2.05) is 39.0 Å². The number of fused-ring (bicyclic) bond motifs is 1. The summed E-state index contributed by atoms with van der Waals surface area (Å²) in [6, 6.07) is 11.1. The van der Waals surface area contributed by atoms with Gasteiger partial charge in [-0.3, -0.25) is 4.79 Å². The van der Waals surface area contributed by atoms with Crippen LogP contribution in [0.4, 0.5) is 4.39 Å². The summed E-state index contributed by atoms with van der Waals surface area (Å²) in [4.78, 5) is 12.9. The van der Waals surface area contributed by atoms with Crippen molar-refractivity contribution in [1.82, 2.24) is 5.32 Å². The summed E-state index contributed by atoms with van der Waals surface area (Å²) in [7, 11) is 1.60. The Morgan fingerprint density at radius 1 is 1.25 bits per heavy atom. The largest absolute Gasteiger partial charge is 0.497 e. The van der Waals surface area contributed by atoms with E-state index in [9.17, 15) is 9.18 Å². The molecule has 28 heavy (non-hydrogen) atoms. The molecule has 6 heteroatoms. The van der Waals surface area contributed by atoms with Crippen molar-refractivity contribution in [1.29, 1.82) is 0 Å². The molecule has 0 fully saturated rings. The van der Waals surface area contributed by atoms with Crippen LogP contribution in [0.3, 0.4) is 0 Å². The van der Waals surface area contributed by atoms with Crippen LogP contribution in [0.2, 0.25) is 0 Å². The van der Waals surface area contributed by atoms with Crippen molar-refractivity contribution in [2.75, 3.05) is 7.11 Å². The molecule has 2 aromatic carbocycles. The number of rotatable bonds is 6. The normalized spacial score (nSPS) is 18.4. The van der Waals surface area contributed by atoms with Gasteiger partial charge in [0.2, 0.25) is 0 Å². The van der Waals surface area contributed by atoms with E-state index in [0.717, 1.165) is 5.56 Å². The molecule has 1 N–H and O–H groups in total. The monoisotopic (exact) mass is 387 g/mol. The Hall–Kier alpha value is -2.76. The number of amides is 1. The van der Waals surface area contributed by atoms with Gasteiger partial charge in [0, 0.05) is 18.1 Å². The van der Waals surface area contributed by atoms with E-state index >= 15 is 0 Å². The third-order valence-electron chi connectivity index (χ3n) is 4.75. The lowest BCUT2D eigenvalue weighted by Gasteiger charge is -2.38. The number of hydrogen-bond donors (Lipinski definition) is 1. The Morgan fingerprint density at radius 2 is 1.93 bits per heavy atom. The molecule has 2 aromatic rings. The highest BCUT2D eigenvalue weighted by atomic mass is 19.1. The molecule has 0 aromatic heterocycles. The van der Waals surface area contributed by atoms with Crippen molar-refractivity contribution in [3.8, 4) is 17.2 Å². The van der Waals surface area contributed by atoms with Gasteiger partial charge in [0.25, 0.3) is 5.91 Å². The Bertz CT molecular complexity index is 835. The topological polar surface area (TPSA) is 56.8 Å². The highest BCUT2D eigenvalue weighted by Gasteiger charge is 2.36. The van der Waals surface area contributed by atoms with Crippen molar-refractivity contribution in [2.45, 2.75) is 51.4 Å². The zero-order valence-corrected chi connectivity index (χ0v) is 16.6. The lowest BCUT2D eigenvalue weighted by molar-refractivity contribution is -0.129. The molecule has 2 atom stereocenters. The minimum atomic E-state index is -0.668. The van der Waals surface area contributed by atoms with Gasteiger partial charge in [-0.25, -0.2) is 4.39 Å². The molecule has 2 unspecified atom stereocenters. The van der Waals surface area contributed by atoms with Crippen LogP contribution < -0.4 is 19.5 Å². The molecule has 1 amide bonds. The van der Waals surface area contributed by atoms with Crippen LogP contribution in [0.5, 0.6) is 17.2 Å². The van der Waals surface area contributed by atoms with Gasteiger partial charge < -0.3 is 19.5 Å². The molecule has 0 spiro atoms. The average molecular weight is 387 g/mol. The zero-order chi connectivity index (χ0) is 20.3. The quantitative estimate of drug-likeness (QED) is 0.798. The first-order valence-electron chi connectivity index (χ1n) is 9.41. The van der Waals surface area contributed by atoms with Gasteiger partial charge in [0.15, 0.2) is 6.10 Å². The van der Waals surface area contributed by atoms with Crippen molar-refractivity contribution in [2.24, 2.45) is 0 Å². The van der Waals surface area contributed by atoms with Gasteiger partial charge >= 0.3 is 0 Å². The molecule has 0 saturated heterocycles. The smallest absolute Gasteiger partial charge is 0.261 e. The molecule has 0 aliphatic carbocycles. The van der Waals surface area contributed by atoms with Gasteiger partial charge in [-0.2, -0.15) is 0 Å². The average Bonchev–Trinajstić information content (AvgIpc) is 2.66. The number of halogens is 1. The number of carbonyl (C=O) groups excluding carboxylic acids is 1. The van der Waals surface area contributed by atoms with Crippen LogP contribution in [0.25, 0.3) is 0 Å². The minimum absolute atomic E-state index is 0.206. The summed E-state index contributed by atoms with van der Waals surface area (Å²) >= 11 is 0. The molecule has 5 nitrogen and oxygen atoms in total. The van der Waals surface area contributed by atoms with E-state index in [-0.39, 0.29) is 17.8 Å². The first-order valence-corrected chi connectivity index (χ1v) is 9.41. The van der Waals surface area contributed by atoms with Gasteiger partial charge in [-0.1, -0.05) is 6.92 Å². The fraction of sp³-hybridized carbons (Fsp3) is 0.409. The fourth-order valence-corrected chi connectivity index (χ4v) is 3.35. The Balaban J connectivity index is 1.77. The SMILES string of the molecule is CCC(Oc1ccc(F)cc1)C(=O)NC1CC(C)(C)Oc2cc(OC)ccc21. The molecule has 0 radical (unpaired) electrons. The summed E-state index contributed by atoms with van der Waals surface area (Å²) in [5, 5.41) is 3.09. The Morgan fingerprint density at radius 3 is 2.57 bits per heavy atom. The van der Waals surface area contributed by atoms with E-state index in [1.165, 1.54) is 24.3 Å². The molecule has 3 rings (SSSR count). The number of ether oxygens (including phenoxy) is 3. The van der Waals surface area contributed by atoms with Crippen LogP contribution in [0.1, 0.15) is 45.2 Å². The first kappa shape index (κ1) is 20.0. The van der Waals surface area contributed by atoms with Crippen LogP contribution in [-0.4, -0.2) is 24.7 Å². The number of nitrogens with one attached hydrogen (secondary N) is 1. The maximum Gasteiger partial charge on any atom is 0.261 e. The van der Waals surface area contributed by atoms with E-state index in [4.69, 9.17) is 14.2 Å². The van der Waals surface area contributed by atoms with E-state index in [2.05, 4.69) is 5.32 Å². The lowest BCUT2D eigenvalue weighted by Crippen LogP contribution is -2.45. The molecule has 1 aliphatic rings. The van der Waals surface area contributed by atoms with Gasteiger partial charge in [0.1, 0.15) is 28.7 Å². The van der Waals surface area contributed by atoms with Gasteiger partial charge in [-0.05, 0) is 56.7 Å². The van der Waals surface area contributed by atoms with Crippen molar-refractivity contribution in [3.63, 3.8) is 0 Å². The second kappa shape index (κ2) is 8.09. The second-order valence-electron chi connectivity index (χ2n) is 7.50. The first-order chi connectivity index (χ1) is 13.3. The predicted octanol–water partition coefficient (Wildman–Crippen LogP) is 4.41. The van der Waals surface area contributed by atoms with Crippen molar-refractivity contribution in [3.05, 3.63) is 53.8 Å². The minimum Gasteiger partial charge on any atom is -0.497 e. The molecular formula is C22H26FNO4. The summed E-state index contributed by atoms with van der Waals surface area (Å²) < 4.78 is 30.2. The summed E-state index contributed by atoms with van der Waals surface area (Å²) in [6.45, 7) is 5.85. The van der Waals surface area contributed by atoms with Crippen molar-refractivity contribution >= 4 is 5.91 Å². The van der Waals surface area contributed by atoms with Gasteiger partial charge in [0.05, 0.1) is 13.2 Å². The molecule has 1 aliphatic heterocycles. The number of methoxy groups -OCH3 is 1. The molecular weight excluding hydrogens is 361 g/mol. The standard InChI is InChI=1S/C22H26FNO4/c1-5-19(27-15-8-6-14(23)7-9-15)21(25)24-18-13-22(2,3)28-20-12-16(26-4)10-11-17(18)20/h6-12,18-19H,5,13H2,1-4H3,(H,24,25). The predicted molar refractivity (Wildman–Crippen MR) is 104 cm³/mol. The summed E-state index contributed by atoms with van der Waals surface area (Å²) in [5.41, 5.74) is 0.474. The third kappa shape index (κ3) is 4.55. The Kier molecular flexibility index (Phi) is 5.77. The van der Waals surface area contributed by atoms with Crippen LogP contribution in [-0.2, 0) is 4.79 Å². The third-order valence-corrected chi connectivity index (χ3v) is 4.75. The van der Waals surface area contributed by atoms with E-state index < -0.39 is 11.7 Å². The maximum atomic E-state index is 13.1. The van der Waals surface area contributed by atoms with Crippen molar-refractivity contribution < 1.29 is 23.4 Å². The highest BCUT2D eigenvalue weighted by molar-refractivity contribution is 5.81. The number of carbonyl (C=O) groups is 1. The van der Waals surface area contributed by atoms with Crippen LogP contribution in [0.15, 0.2) is 42.5 Å². The molecule has 0 bridgehead atoms. The van der Waals surface area contributed by atoms with Crippen LogP contribution >= 0.6 is 0 Å². The molecule has 0 saturated carbocycles. The lowest BCUT2D eigenvalue weighted by atomic mass is 9.89.